The molecule has 2 heterocycles. The van der Waals surface area contributed by atoms with Gasteiger partial charge in [0.1, 0.15) is 17.3 Å². The molecule has 0 unspecified atom stereocenters. The third-order valence-corrected chi connectivity index (χ3v) is 5.90. The number of rotatable bonds is 6. The zero-order chi connectivity index (χ0) is 27.0. The first-order valence-corrected chi connectivity index (χ1v) is 11.2. The van der Waals surface area contributed by atoms with Crippen molar-refractivity contribution in [1.82, 2.24) is 20.0 Å². The first-order chi connectivity index (χ1) is 18.2. The van der Waals surface area contributed by atoms with E-state index < -0.39 is 40.6 Å². The molecule has 0 bridgehead atoms. The van der Waals surface area contributed by atoms with Crippen LogP contribution in [-0.2, 0) is 11.3 Å². The van der Waals surface area contributed by atoms with E-state index in [-0.39, 0.29) is 22.5 Å². The summed E-state index contributed by atoms with van der Waals surface area (Å²) in [5.41, 5.74) is 0.229. The molecular weight excluding hydrogens is 500 g/mol. The van der Waals surface area contributed by atoms with E-state index in [1.54, 1.807) is 30.3 Å². The number of nitrogens with zero attached hydrogens (tertiary/aromatic N) is 3. The van der Waals surface area contributed by atoms with Crippen LogP contribution in [0.1, 0.15) is 11.1 Å². The normalized spacial score (nSPS) is 14.3. The van der Waals surface area contributed by atoms with Gasteiger partial charge in [-0.2, -0.15) is 0 Å². The Hall–Kier alpha value is -5.39. The minimum atomic E-state index is -0.911. The zero-order valence-electron chi connectivity index (χ0n) is 19.4. The second-order valence-electron chi connectivity index (χ2n) is 8.30. The van der Waals surface area contributed by atoms with Crippen LogP contribution in [0.3, 0.4) is 0 Å². The summed E-state index contributed by atoms with van der Waals surface area (Å²) in [6.45, 7) is -0.445. The number of carbonyl (C=O) groups is 2. The summed E-state index contributed by atoms with van der Waals surface area (Å²) in [6, 6.07) is 16.0. The van der Waals surface area contributed by atoms with E-state index >= 15 is 0 Å². The molecule has 1 saturated heterocycles. The SMILES string of the molecule is O=C1N/C(=C\c2c(-c3ccccc3)[nH]n(-c3ccc([N+](=O)[O-])cc3)c2=O)C(=O)N1Cc1ccc(F)cc1F. The Kier molecular flexibility index (Phi) is 6.13. The molecule has 12 heteroatoms. The number of urea groups is 1. The molecule has 1 aliphatic rings. The van der Waals surface area contributed by atoms with Gasteiger partial charge in [-0.3, -0.25) is 29.7 Å². The van der Waals surface area contributed by atoms with Gasteiger partial charge in [-0.05, 0) is 24.3 Å². The molecule has 3 aromatic carbocycles. The van der Waals surface area contributed by atoms with Crippen molar-refractivity contribution in [3.8, 4) is 16.9 Å². The Morgan fingerprint density at radius 2 is 1.66 bits per heavy atom. The maximum atomic E-state index is 14.1. The van der Waals surface area contributed by atoms with Gasteiger partial charge in [-0.1, -0.05) is 36.4 Å². The summed E-state index contributed by atoms with van der Waals surface area (Å²) in [6.07, 6.45) is 1.21. The number of imide groups is 1. The van der Waals surface area contributed by atoms with Gasteiger partial charge >= 0.3 is 6.03 Å². The van der Waals surface area contributed by atoms with E-state index in [4.69, 9.17) is 0 Å². The average Bonchev–Trinajstić information content (AvgIpc) is 3.37. The van der Waals surface area contributed by atoms with Gasteiger partial charge in [0.15, 0.2) is 0 Å². The molecule has 0 atom stereocenters. The number of nitro benzene ring substituents is 1. The van der Waals surface area contributed by atoms with Crippen LogP contribution < -0.4 is 10.9 Å². The van der Waals surface area contributed by atoms with Gasteiger partial charge < -0.3 is 5.32 Å². The van der Waals surface area contributed by atoms with Crippen molar-refractivity contribution in [2.75, 3.05) is 0 Å². The topological polar surface area (TPSA) is 130 Å². The number of aromatic nitrogens is 2. The van der Waals surface area contributed by atoms with Gasteiger partial charge in [-0.25, -0.2) is 18.3 Å². The number of carbonyl (C=O) groups excluding carboxylic acids is 2. The lowest BCUT2D eigenvalue weighted by molar-refractivity contribution is -0.384. The van der Waals surface area contributed by atoms with Gasteiger partial charge in [-0.15, -0.1) is 0 Å². The molecule has 10 nitrogen and oxygen atoms in total. The molecule has 0 saturated carbocycles. The van der Waals surface area contributed by atoms with E-state index in [0.29, 0.717) is 23.0 Å². The Morgan fingerprint density at radius 1 is 0.947 bits per heavy atom. The van der Waals surface area contributed by atoms with E-state index in [1.807, 2.05) is 0 Å². The fraction of sp³-hybridized carbons (Fsp3) is 0.0385. The quantitative estimate of drug-likeness (QED) is 0.172. The molecule has 0 spiro atoms. The number of hydrogen-bond acceptors (Lipinski definition) is 5. The molecular formula is C26H17F2N5O5. The molecule has 3 amide bonds. The number of hydrogen-bond donors (Lipinski definition) is 2. The lowest BCUT2D eigenvalue weighted by Gasteiger charge is -2.12. The van der Waals surface area contributed by atoms with Crippen molar-refractivity contribution in [1.29, 1.82) is 0 Å². The number of nitro groups is 1. The Morgan fingerprint density at radius 3 is 2.32 bits per heavy atom. The largest absolute Gasteiger partial charge is 0.329 e. The molecule has 1 aromatic heterocycles. The van der Waals surface area contributed by atoms with Gasteiger partial charge in [0, 0.05) is 29.3 Å². The molecule has 0 radical (unpaired) electrons. The fourth-order valence-corrected chi connectivity index (χ4v) is 3.99. The molecule has 0 aliphatic carbocycles. The van der Waals surface area contributed by atoms with Crippen molar-refractivity contribution < 1.29 is 23.3 Å². The number of nitrogens with one attached hydrogen (secondary N) is 2. The molecule has 4 aromatic rings. The van der Waals surface area contributed by atoms with Crippen LogP contribution in [0.2, 0.25) is 0 Å². The molecule has 1 aliphatic heterocycles. The van der Waals surface area contributed by atoms with Crippen molar-refractivity contribution in [3.05, 3.63) is 122 Å². The van der Waals surface area contributed by atoms with Crippen LogP contribution in [-0.4, -0.2) is 31.5 Å². The first-order valence-electron chi connectivity index (χ1n) is 11.2. The predicted octanol–water partition coefficient (Wildman–Crippen LogP) is 4.11. The highest BCUT2D eigenvalue weighted by molar-refractivity contribution is 6.14. The zero-order valence-corrected chi connectivity index (χ0v) is 19.4. The summed E-state index contributed by atoms with van der Waals surface area (Å²) in [5, 5.41) is 16.4. The summed E-state index contributed by atoms with van der Waals surface area (Å²) in [7, 11) is 0. The lowest BCUT2D eigenvalue weighted by Crippen LogP contribution is -2.30. The fourth-order valence-electron chi connectivity index (χ4n) is 3.99. The van der Waals surface area contributed by atoms with Crippen molar-refractivity contribution in [2.45, 2.75) is 6.54 Å². The number of halogens is 2. The minimum absolute atomic E-state index is 0.0352. The smallest absolute Gasteiger partial charge is 0.303 e. The van der Waals surface area contributed by atoms with Gasteiger partial charge in [0.25, 0.3) is 17.2 Å². The van der Waals surface area contributed by atoms with Gasteiger partial charge in [0.2, 0.25) is 0 Å². The average molecular weight is 517 g/mol. The Labute approximate surface area is 212 Å². The number of non-ortho nitro benzene ring substituents is 1. The number of amides is 3. The molecule has 190 valence electrons. The van der Waals surface area contributed by atoms with Gasteiger partial charge in [0.05, 0.1) is 28.4 Å². The molecule has 2 N–H and O–H groups in total. The predicted molar refractivity (Wildman–Crippen MR) is 132 cm³/mol. The third kappa shape index (κ3) is 4.46. The van der Waals surface area contributed by atoms with Crippen molar-refractivity contribution in [2.24, 2.45) is 0 Å². The summed E-state index contributed by atoms with van der Waals surface area (Å²) >= 11 is 0. The van der Waals surface area contributed by atoms with Crippen molar-refractivity contribution >= 4 is 23.7 Å². The van der Waals surface area contributed by atoms with E-state index in [0.717, 1.165) is 21.7 Å². The van der Waals surface area contributed by atoms with Crippen LogP contribution in [0.25, 0.3) is 23.0 Å². The number of aromatic amines is 1. The first kappa shape index (κ1) is 24.3. The van der Waals surface area contributed by atoms with E-state index in [1.165, 1.54) is 30.3 Å². The highest BCUT2D eigenvalue weighted by Crippen LogP contribution is 2.25. The summed E-state index contributed by atoms with van der Waals surface area (Å²) in [4.78, 5) is 50.2. The Balaban J connectivity index is 1.55. The molecule has 38 heavy (non-hydrogen) atoms. The lowest BCUT2D eigenvalue weighted by atomic mass is 10.1. The van der Waals surface area contributed by atoms with Crippen LogP contribution in [0.5, 0.6) is 0 Å². The maximum absolute atomic E-state index is 14.1. The van der Waals surface area contributed by atoms with Crippen molar-refractivity contribution in [3.63, 3.8) is 0 Å². The Bertz CT molecular complexity index is 1680. The number of benzene rings is 3. The second-order valence-corrected chi connectivity index (χ2v) is 8.30. The van der Waals surface area contributed by atoms with Crippen LogP contribution in [0.4, 0.5) is 19.3 Å². The van der Waals surface area contributed by atoms with E-state index in [2.05, 4.69) is 10.4 Å². The standard InChI is InChI=1S/C26H17F2N5O5/c27-17-7-6-16(21(28)12-17)14-31-25(35)22(29-26(31)36)13-20-23(15-4-2-1-3-5-15)30-32(24(20)34)18-8-10-19(11-9-18)33(37)38/h1-13,30H,14H2,(H,29,36)/b22-13-. The molecule has 5 rings (SSSR count). The minimum Gasteiger partial charge on any atom is -0.303 e. The maximum Gasteiger partial charge on any atom is 0.329 e. The van der Waals surface area contributed by atoms with Crippen LogP contribution >= 0.6 is 0 Å². The third-order valence-electron chi connectivity index (χ3n) is 5.90. The number of H-pyrrole nitrogens is 1. The van der Waals surface area contributed by atoms with Crippen LogP contribution in [0.15, 0.2) is 83.3 Å². The highest BCUT2D eigenvalue weighted by Gasteiger charge is 2.35. The molecule has 1 fully saturated rings. The summed E-state index contributed by atoms with van der Waals surface area (Å²) in [5.74, 6) is -2.51. The second kappa shape index (κ2) is 9.58. The monoisotopic (exact) mass is 517 g/mol. The van der Waals surface area contributed by atoms with Crippen LogP contribution in [0, 0.1) is 21.7 Å². The van der Waals surface area contributed by atoms with E-state index in [9.17, 15) is 33.3 Å². The highest BCUT2D eigenvalue weighted by atomic mass is 19.1. The summed E-state index contributed by atoms with van der Waals surface area (Å²) < 4.78 is 28.5.